The van der Waals surface area contributed by atoms with Crippen LogP contribution in [0.15, 0.2) is 24.3 Å². The van der Waals surface area contributed by atoms with Gasteiger partial charge in [0.2, 0.25) is 0 Å². The number of carbonyl (C=O) groups is 1. The number of nitrogens with zero attached hydrogens (tertiary/aromatic N) is 1. The van der Waals surface area contributed by atoms with E-state index in [0.29, 0.717) is 6.04 Å². The van der Waals surface area contributed by atoms with Gasteiger partial charge < -0.3 is 10.1 Å². The highest BCUT2D eigenvalue weighted by Gasteiger charge is 2.53. The summed E-state index contributed by atoms with van der Waals surface area (Å²) in [5, 5.41) is 3.11. The van der Waals surface area contributed by atoms with Crippen LogP contribution in [0.1, 0.15) is 37.8 Å². The molecular formula is C14H16N2O2. The zero-order valence-electron chi connectivity index (χ0n) is 10.3. The van der Waals surface area contributed by atoms with E-state index in [4.69, 9.17) is 4.74 Å². The molecule has 18 heavy (non-hydrogen) atoms. The number of fused-ring (bicyclic) bond motifs is 4. The smallest absolute Gasteiger partial charge is 0.321 e. The second-order valence-corrected chi connectivity index (χ2v) is 5.62. The van der Waals surface area contributed by atoms with Crippen LogP contribution in [0.2, 0.25) is 0 Å². The van der Waals surface area contributed by atoms with Crippen LogP contribution in [0.25, 0.3) is 0 Å². The molecule has 1 saturated heterocycles. The molecule has 1 N–H and O–H groups in total. The van der Waals surface area contributed by atoms with E-state index in [1.165, 1.54) is 0 Å². The van der Waals surface area contributed by atoms with Crippen molar-refractivity contribution in [3.63, 3.8) is 0 Å². The van der Waals surface area contributed by atoms with Gasteiger partial charge in [-0.2, -0.15) is 0 Å². The SMILES string of the molecule is CC12CC(NC(=O)N1C1CC1)c1ccccc1O2. The van der Waals surface area contributed by atoms with Crippen LogP contribution in [0.3, 0.4) is 0 Å². The molecule has 3 aliphatic rings. The Morgan fingerprint density at radius 1 is 1.39 bits per heavy atom. The maximum absolute atomic E-state index is 12.2. The molecule has 2 atom stereocenters. The number of carbonyl (C=O) groups excluding carboxylic acids is 1. The molecule has 1 saturated carbocycles. The molecular weight excluding hydrogens is 228 g/mol. The molecule has 94 valence electrons. The van der Waals surface area contributed by atoms with Gasteiger partial charge in [0.1, 0.15) is 5.75 Å². The van der Waals surface area contributed by atoms with E-state index in [-0.39, 0.29) is 12.1 Å². The standard InChI is InChI=1S/C14H16N2O2/c1-14-8-11(10-4-2-3-5-12(10)18-14)15-13(17)16(14)9-6-7-9/h2-5,9,11H,6-8H2,1H3,(H,15,17). The average molecular weight is 244 g/mol. The minimum atomic E-state index is -0.484. The third-order valence-electron chi connectivity index (χ3n) is 4.15. The van der Waals surface area contributed by atoms with Crippen molar-refractivity contribution in [3.05, 3.63) is 29.8 Å². The summed E-state index contributed by atoms with van der Waals surface area (Å²) < 4.78 is 6.14. The first kappa shape index (κ1) is 10.2. The van der Waals surface area contributed by atoms with Gasteiger partial charge in [0.15, 0.2) is 5.72 Å². The Bertz CT molecular complexity index is 526. The molecule has 2 amide bonds. The van der Waals surface area contributed by atoms with Crippen LogP contribution < -0.4 is 10.1 Å². The Morgan fingerprint density at radius 3 is 2.94 bits per heavy atom. The van der Waals surface area contributed by atoms with Crippen LogP contribution in [-0.2, 0) is 0 Å². The Labute approximate surface area is 106 Å². The molecule has 0 spiro atoms. The first-order valence-electron chi connectivity index (χ1n) is 6.55. The second-order valence-electron chi connectivity index (χ2n) is 5.62. The van der Waals surface area contributed by atoms with Crippen LogP contribution in [-0.4, -0.2) is 22.7 Å². The van der Waals surface area contributed by atoms with E-state index in [1.807, 2.05) is 36.1 Å². The number of ether oxygens (including phenoxy) is 1. The van der Waals surface area contributed by atoms with Gasteiger partial charge in [-0.3, -0.25) is 4.90 Å². The normalized spacial score (nSPS) is 33.5. The van der Waals surface area contributed by atoms with E-state index in [9.17, 15) is 4.79 Å². The van der Waals surface area contributed by atoms with Crippen molar-refractivity contribution in [2.24, 2.45) is 0 Å². The molecule has 0 aromatic heterocycles. The van der Waals surface area contributed by atoms with Crippen molar-refractivity contribution in [1.29, 1.82) is 0 Å². The van der Waals surface area contributed by atoms with Gasteiger partial charge in [-0.1, -0.05) is 18.2 Å². The maximum atomic E-state index is 12.2. The Hall–Kier alpha value is -1.71. The lowest BCUT2D eigenvalue weighted by molar-refractivity contribution is -0.0878. The van der Waals surface area contributed by atoms with Crippen LogP contribution in [0.4, 0.5) is 4.79 Å². The summed E-state index contributed by atoms with van der Waals surface area (Å²) in [6.45, 7) is 2.03. The highest BCUT2D eigenvalue weighted by molar-refractivity contribution is 5.78. The maximum Gasteiger partial charge on any atom is 0.321 e. The largest absolute Gasteiger partial charge is 0.468 e. The molecule has 4 heteroatoms. The fraction of sp³-hybridized carbons (Fsp3) is 0.500. The molecule has 2 unspecified atom stereocenters. The number of para-hydroxylation sites is 1. The summed E-state index contributed by atoms with van der Waals surface area (Å²) in [6.07, 6.45) is 3.02. The quantitative estimate of drug-likeness (QED) is 0.824. The van der Waals surface area contributed by atoms with Crippen molar-refractivity contribution >= 4 is 6.03 Å². The van der Waals surface area contributed by atoms with Crippen molar-refractivity contribution in [2.75, 3.05) is 0 Å². The fourth-order valence-electron chi connectivity index (χ4n) is 3.22. The van der Waals surface area contributed by atoms with Gasteiger partial charge in [0, 0.05) is 18.0 Å². The molecule has 1 aromatic rings. The van der Waals surface area contributed by atoms with Crippen LogP contribution in [0.5, 0.6) is 5.75 Å². The van der Waals surface area contributed by atoms with Gasteiger partial charge in [-0.25, -0.2) is 4.79 Å². The lowest BCUT2D eigenvalue weighted by Crippen LogP contribution is -2.65. The third kappa shape index (κ3) is 1.29. The van der Waals surface area contributed by atoms with E-state index in [1.54, 1.807) is 0 Å². The van der Waals surface area contributed by atoms with Gasteiger partial charge in [-0.15, -0.1) is 0 Å². The fourth-order valence-corrected chi connectivity index (χ4v) is 3.22. The number of benzene rings is 1. The molecule has 2 heterocycles. The van der Waals surface area contributed by atoms with Crippen molar-refractivity contribution < 1.29 is 9.53 Å². The molecule has 2 fully saturated rings. The number of hydrogen-bond donors (Lipinski definition) is 1. The topological polar surface area (TPSA) is 41.6 Å². The van der Waals surface area contributed by atoms with Crippen molar-refractivity contribution in [3.8, 4) is 5.75 Å². The monoisotopic (exact) mass is 244 g/mol. The minimum absolute atomic E-state index is 0.0192. The number of nitrogens with one attached hydrogen (secondary N) is 1. The van der Waals surface area contributed by atoms with Gasteiger partial charge in [0.05, 0.1) is 6.04 Å². The number of rotatable bonds is 1. The number of urea groups is 1. The lowest BCUT2D eigenvalue weighted by atomic mass is 9.90. The summed E-state index contributed by atoms with van der Waals surface area (Å²) in [5.74, 6) is 0.905. The lowest BCUT2D eigenvalue weighted by Gasteiger charge is -2.51. The van der Waals surface area contributed by atoms with Gasteiger partial charge >= 0.3 is 6.03 Å². The first-order chi connectivity index (χ1) is 8.67. The first-order valence-corrected chi connectivity index (χ1v) is 6.55. The third-order valence-corrected chi connectivity index (χ3v) is 4.15. The predicted octanol–water partition coefficient (Wildman–Crippen LogP) is 2.41. The second kappa shape index (κ2) is 3.19. The molecule has 1 aliphatic carbocycles. The van der Waals surface area contributed by atoms with E-state index in [2.05, 4.69) is 5.32 Å². The Kier molecular flexibility index (Phi) is 1.81. The summed E-state index contributed by atoms with van der Waals surface area (Å²) in [7, 11) is 0. The number of amides is 2. The number of hydrogen-bond acceptors (Lipinski definition) is 2. The van der Waals surface area contributed by atoms with E-state index in [0.717, 1.165) is 30.6 Å². The summed E-state index contributed by atoms with van der Waals surface area (Å²) >= 11 is 0. The predicted molar refractivity (Wildman–Crippen MR) is 66.2 cm³/mol. The Balaban J connectivity index is 1.80. The summed E-state index contributed by atoms with van der Waals surface area (Å²) in [6, 6.07) is 8.46. The van der Waals surface area contributed by atoms with Gasteiger partial charge in [-0.05, 0) is 25.8 Å². The van der Waals surface area contributed by atoms with Crippen LogP contribution in [0, 0.1) is 0 Å². The molecule has 4 nitrogen and oxygen atoms in total. The zero-order valence-corrected chi connectivity index (χ0v) is 10.3. The molecule has 4 rings (SSSR count). The Morgan fingerprint density at radius 2 is 2.17 bits per heavy atom. The van der Waals surface area contributed by atoms with Crippen LogP contribution >= 0.6 is 0 Å². The van der Waals surface area contributed by atoms with E-state index >= 15 is 0 Å². The van der Waals surface area contributed by atoms with Crippen molar-refractivity contribution in [1.82, 2.24) is 10.2 Å². The molecule has 2 aliphatic heterocycles. The highest BCUT2D eigenvalue weighted by Crippen LogP contribution is 2.47. The van der Waals surface area contributed by atoms with E-state index < -0.39 is 5.72 Å². The van der Waals surface area contributed by atoms with Crippen molar-refractivity contribution in [2.45, 2.75) is 44.0 Å². The zero-order chi connectivity index (χ0) is 12.3. The summed E-state index contributed by atoms with van der Waals surface area (Å²) in [4.78, 5) is 14.1. The molecule has 2 bridgehead atoms. The summed E-state index contributed by atoms with van der Waals surface area (Å²) in [5.41, 5.74) is 0.612. The highest BCUT2D eigenvalue weighted by atomic mass is 16.5. The molecule has 0 radical (unpaired) electrons. The average Bonchev–Trinajstić information content (AvgIpc) is 3.12. The van der Waals surface area contributed by atoms with Gasteiger partial charge in [0.25, 0.3) is 0 Å². The minimum Gasteiger partial charge on any atom is -0.468 e. The molecule has 1 aromatic carbocycles.